The molecule has 1 N–H and O–H groups in total. The minimum atomic E-state index is -0.128. The van der Waals surface area contributed by atoms with Crippen LogP contribution in [0.2, 0.25) is 0 Å². The van der Waals surface area contributed by atoms with E-state index in [0.717, 1.165) is 23.4 Å². The molecule has 126 valence electrons. The van der Waals surface area contributed by atoms with Crippen LogP contribution in [-0.2, 0) is 4.79 Å². The van der Waals surface area contributed by atoms with E-state index in [-0.39, 0.29) is 11.9 Å². The van der Waals surface area contributed by atoms with Crippen LogP contribution in [0.4, 0.5) is 0 Å². The lowest BCUT2D eigenvalue weighted by atomic mass is 10.1. The van der Waals surface area contributed by atoms with Gasteiger partial charge in [0.1, 0.15) is 5.75 Å². The fourth-order valence-corrected chi connectivity index (χ4v) is 2.47. The van der Waals surface area contributed by atoms with Crippen molar-refractivity contribution in [3.05, 3.63) is 71.8 Å². The molecule has 1 atom stereocenters. The van der Waals surface area contributed by atoms with Crippen molar-refractivity contribution in [2.75, 3.05) is 27.7 Å². The Balaban J connectivity index is 2.09. The standard InChI is InChI=1S/C20H24N2O2/c1-22(2)15-18(16-9-5-4-6-10-16)21-20(23)14-13-17-11-7-8-12-19(17)24-3/h4-14,18H,15H2,1-3H3,(H,21,23)/b14-13+/t18-/m0/s1. The molecule has 0 heterocycles. The van der Waals surface area contributed by atoms with Gasteiger partial charge in [0.2, 0.25) is 5.91 Å². The molecular formula is C20H24N2O2. The maximum absolute atomic E-state index is 12.3. The fourth-order valence-electron chi connectivity index (χ4n) is 2.47. The summed E-state index contributed by atoms with van der Waals surface area (Å²) in [5, 5.41) is 3.06. The van der Waals surface area contributed by atoms with Crippen LogP contribution >= 0.6 is 0 Å². The Labute approximate surface area is 143 Å². The summed E-state index contributed by atoms with van der Waals surface area (Å²) in [6, 6.07) is 17.5. The normalized spacial score (nSPS) is 12.3. The van der Waals surface area contributed by atoms with Crippen LogP contribution in [0.5, 0.6) is 5.75 Å². The Morgan fingerprint density at radius 1 is 1.12 bits per heavy atom. The van der Waals surface area contributed by atoms with Crippen molar-refractivity contribution in [1.82, 2.24) is 10.2 Å². The highest BCUT2D eigenvalue weighted by atomic mass is 16.5. The smallest absolute Gasteiger partial charge is 0.244 e. The lowest BCUT2D eigenvalue weighted by Gasteiger charge is -2.22. The molecule has 0 unspecified atom stereocenters. The van der Waals surface area contributed by atoms with E-state index in [9.17, 15) is 4.79 Å². The van der Waals surface area contributed by atoms with Crippen molar-refractivity contribution in [3.63, 3.8) is 0 Å². The number of methoxy groups -OCH3 is 1. The van der Waals surface area contributed by atoms with Crippen LogP contribution in [0, 0.1) is 0 Å². The molecule has 0 aromatic heterocycles. The quantitative estimate of drug-likeness (QED) is 0.796. The number of benzene rings is 2. The van der Waals surface area contributed by atoms with Gasteiger partial charge in [0.15, 0.2) is 0 Å². The first-order chi connectivity index (χ1) is 11.6. The van der Waals surface area contributed by atoms with Crippen LogP contribution < -0.4 is 10.1 Å². The van der Waals surface area contributed by atoms with Crippen LogP contribution in [0.3, 0.4) is 0 Å². The number of rotatable bonds is 7. The largest absolute Gasteiger partial charge is 0.496 e. The number of carbonyl (C=O) groups is 1. The Morgan fingerprint density at radius 2 is 1.79 bits per heavy atom. The predicted octanol–water partition coefficient (Wildman–Crippen LogP) is 3.13. The van der Waals surface area contributed by atoms with Gasteiger partial charge in [0.05, 0.1) is 13.2 Å². The number of amides is 1. The molecule has 0 radical (unpaired) electrons. The third kappa shape index (κ3) is 5.25. The van der Waals surface area contributed by atoms with Crippen LogP contribution in [0.15, 0.2) is 60.7 Å². The Bertz CT molecular complexity index is 681. The zero-order valence-electron chi connectivity index (χ0n) is 14.4. The first kappa shape index (κ1) is 17.8. The number of nitrogens with zero attached hydrogens (tertiary/aromatic N) is 1. The second-order valence-electron chi connectivity index (χ2n) is 5.81. The van der Waals surface area contributed by atoms with E-state index in [1.54, 1.807) is 19.3 Å². The summed E-state index contributed by atoms with van der Waals surface area (Å²) in [6.07, 6.45) is 3.31. The van der Waals surface area contributed by atoms with Gasteiger partial charge in [-0.25, -0.2) is 0 Å². The maximum Gasteiger partial charge on any atom is 0.244 e. The average molecular weight is 324 g/mol. The number of likely N-dealkylation sites (N-methyl/N-ethyl adjacent to an activating group) is 1. The molecular weight excluding hydrogens is 300 g/mol. The number of hydrogen-bond acceptors (Lipinski definition) is 3. The van der Waals surface area contributed by atoms with E-state index >= 15 is 0 Å². The third-order valence-electron chi connectivity index (χ3n) is 3.62. The third-order valence-corrected chi connectivity index (χ3v) is 3.62. The SMILES string of the molecule is COc1ccccc1/C=C/C(=O)N[C@@H](CN(C)C)c1ccccc1. The van der Waals surface area contributed by atoms with Crippen molar-refractivity contribution < 1.29 is 9.53 Å². The van der Waals surface area contributed by atoms with E-state index in [1.165, 1.54) is 0 Å². The topological polar surface area (TPSA) is 41.6 Å². The van der Waals surface area contributed by atoms with Gasteiger partial charge in [-0.2, -0.15) is 0 Å². The fraction of sp³-hybridized carbons (Fsp3) is 0.250. The summed E-state index contributed by atoms with van der Waals surface area (Å²) in [5.74, 6) is 0.617. The van der Waals surface area contributed by atoms with Crippen molar-refractivity contribution >= 4 is 12.0 Å². The maximum atomic E-state index is 12.3. The number of ether oxygens (including phenoxy) is 1. The van der Waals surface area contributed by atoms with Gasteiger partial charge in [0, 0.05) is 18.2 Å². The molecule has 0 fully saturated rings. The van der Waals surface area contributed by atoms with E-state index < -0.39 is 0 Å². The first-order valence-corrected chi connectivity index (χ1v) is 7.91. The molecule has 2 aromatic carbocycles. The van der Waals surface area contributed by atoms with E-state index in [2.05, 4.69) is 10.2 Å². The molecule has 4 heteroatoms. The molecule has 0 saturated heterocycles. The van der Waals surface area contributed by atoms with Crippen LogP contribution in [-0.4, -0.2) is 38.6 Å². The predicted molar refractivity (Wildman–Crippen MR) is 97.9 cm³/mol. The summed E-state index contributed by atoms with van der Waals surface area (Å²) in [6.45, 7) is 0.734. The Kier molecular flexibility index (Phi) is 6.58. The highest BCUT2D eigenvalue weighted by molar-refractivity contribution is 5.92. The highest BCUT2D eigenvalue weighted by Gasteiger charge is 2.14. The molecule has 24 heavy (non-hydrogen) atoms. The number of para-hydroxylation sites is 1. The van der Waals surface area contributed by atoms with Crippen LogP contribution in [0.25, 0.3) is 6.08 Å². The second-order valence-corrected chi connectivity index (χ2v) is 5.81. The van der Waals surface area contributed by atoms with Crippen molar-refractivity contribution in [2.45, 2.75) is 6.04 Å². The minimum Gasteiger partial charge on any atom is -0.496 e. The van der Waals surface area contributed by atoms with Gasteiger partial charge in [-0.3, -0.25) is 4.79 Å². The lowest BCUT2D eigenvalue weighted by Crippen LogP contribution is -2.34. The molecule has 0 aliphatic carbocycles. The molecule has 4 nitrogen and oxygen atoms in total. The van der Waals surface area contributed by atoms with Gasteiger partial charge < -0.3 is 15.0 Å². The zero-order valence-corrected chi connectivity index (χ0v) is 14.4. The Hall–Kier alpha value is -2.59. The molecule has 0 saturated carbocycles. The zero-order chi connectivity index (χ0) is 17.4. The molecule has 2 rings (SSSR count). The van der Waals surface area contributed by atoms with Gasteiger partial charge in [-0.15, -0.1) is 0 Å². The molecule has 2 aromatic rings. The Morgan fingerprint density at radius 3 is 2.46 bits per heavy atom. The molecule has 0 bridgehead atoms. The summed E-state index contributed by atoms with van der Waals surface area (Å²) >= 11 is 0. The molecule has 1 amide bonds. The minimum absolute atomic E-state index is 0.0592. The van der Waals surface area contributed by atoms with E-state index in [1.807, 2.05) is 68.7 Å². The summed E-state index contributed by atoms with van der Waals surface area (Å²) in [7, 11) is 5.61. The second kappa shape index (κ2) is 8.89. The number of carbonyl (C=O) groups excluding carboxylic acids is 1. The number of nitrogens with one attached hydrogen (secondary N) is 1. The molecule has 0 spiro atoms. The van der Waals surface area contributed by atoms with Crippen molar-refractivity contribution in [1.29, 1.82) is 0 Å². The van der Waals surface area contributed by atoms with Gasteiger partial charge in [-0.05, 0) is 31.8 Å². The van der Waals surface area contributed by atoms with E-state index in [4.69, 9.17) is 4.74 Å². The van der Waals surface area contributed by atoms with Gasteiger partial charge in [0.25, 0.3) is 0 Å². The highest BCUT2D eigenvalue weighted by Crippen LogP contribution is 2.19. The average Bonchev–Trinajstić information content (AvgIpc) is 2.60. The van der Waals surface area contributed by atoms with E-state index in [0.29, 0.717) is 0 Å². The molecule has 0 aliphatic heterocycles. The summed E-state index contributed by atoms with van der Waals surface area (Å²) in [5.41, 5.74) is 1.96. The summed E-state index contributed by atoms with van der Waals surface area (Å²) < 4.78 is 5.29. The lowest BCUT2D eigenvalue weighted by molar-refractivity contribution is -0.117. The number of hydrogen-bond donors (Lipinski definition) is 1. The van der Waals surface area contributed by atoms with Crippen molar-refractivity contribution in [3.8, 4) is 5.75 Å². The first-order valence-electron chi connectivity index (χ1n) is 7.91. The van der Waals surface area contributed by atoms with Crippen LogP contribution in [0.1, 0.15) is 17.2 Å². The monoisotopic (exact) mass is 324 g/mol. The summed E-state index contributed by atoms with van der Waals surface area (Å²) in [4.78, 5) is 14.4. The molecule has 0 aliphatic rings. The van der Waals surface area contributed by atoms with Gasteiger partial charge >= 0.3 is 0 Å². The van der Waals surface area contributed by atoms with Crippen molar-refractivity contribution in [2.24, 2.45) is 0 Å². The van der Waals surface area contributed by atoms with Gasteiger partial charge in [-0.1, -0.05) is 48.5 Å².